The first kappa shape index (κ1) is 15.4. The molecule has 1 N–H and O–H groups in total. The molecule has 0 amide bonds. The van der Waals surface area contributed by atoms with Crippen molar-refractivity contribution in [3.63, 3.8) is 0 Å². The van der Waals surface area contributed by atoms with Crippen LogP contribution in [0.3, 0.4) is 0 Å². The van der Waals surface area contributed by atoms with Gasteiger partial charge in [-0.3, -0.25) is 0 Å². The number of nitriles is 2. The monoisotopic (exact) mass is 313 g/mol. The molecule has 3 aromatic carbocycles. The molecular formula is C20H15N3O. The van der Waals surface area contributed by atoms with Crippen molar-refractivity contribution in [2.24, 2.45) is 0 Å². The number of rotatable bonds is 4. The summed E-state index contributed by atoms with van der Waals surface area (Å²) in [5, 5.41) is 24.0. The topological polar surface area (TPSA) is 68.8 Å². The standard InChI is InChI=1S/C20H15N3O/c1-24-19-10-9-14-5-2-3-8-17(14)18(19)13-23-20-15(11-21)6-4-7-16(20)12-22/h2-10,23H,13H2,1H3. The number of fused-ring (bicyclic) bond motifs is 1. The van der Waals surface area contributed by atoms with E-state index in [0.717, 1.165) is 22.1 Å². The summed E-state index contributed by atoms with van der Waals surface area (Å²) >= 11 is 0. The lowest BCUT2D eigenvalue weighted by Gasteiger charge is -2.15. The second kappa shape index (κ2) is 6.73. The Bertz CT molecular complexity index is 948. The maximum absolute atomic E-state index is 9.28. The SMILES string of the molecule is COc1ccc2ccccc2c1CNc1c(C#N)cccc1C#N. The Balaban J connectivity index is 2.04. The number of hydrogen-bond acceptors (Lipinski definition) is 4. The molecule has 0 atom stereocenters. The second-order valence-corrected chi connectivity index (χ2v) is 5.27. The number of anilines is 1. The van der Waals surface area contributed by atoms with Gasteiger partial charge in [-0.2, -0.15) is 10.5 Å². The van der Waals surface area contributed by atoms with Crippen LogP contribution in [0, 0.1) is 22.7 Å². The van der Waals surface area contributed by atoms with E-state index in [1.54, 1.807) is 25.3 Å². The van der Waals surface area contributed by atoms with Gasteiger partial charge in [0.1, 0.15) is 17.9 Å². The highest BCUT2D eigenvalue weighted by molar-refractivity contribution is 5.88. The molecule has 0 aromatic heterocycles. The van der Waals surface area contributed by atoms with Gasteiger partial charge in [-0.05, 0) is 29.0 Å². The summed E-state index contributed by atoms with van der Waals surface area (Å²) in [6.07, 6.45) is 0. The Morgan fingerprint density at radius 1 is 0.917 bits per heavy atom. The first-order valence-corrected chi connectivity index (χ1v) is 7.50. The maximum Gasteiger partial charge on any atom is 0.124 e. The molecule has 24 heavy (non-hydrogen) atoms. The Hall–Kier alpha value is -3.50. The summed E-state index contributed by atoms with van der Waals surface area (Å²) in [4.78, 5) is 0. The van der Waals surface area contributed by atoms with E-state index in [-0.39, 0.29) is 0 Å². The lowest BCUT2D eigenvalue weighted by Crippen LogP contribution is -2.05. The zero-order valence-corrected chi connectivity index (χ0v) is 13.2. The molecule has 0 aliphatic rings. The van der Waals surface area contributed by atoms with Crippen LogP contribution in [0.15, 0.2) is 54.6 Å². The molecule has 3 aromatic rings. The minimum atomic E-state index is 0.452. The predicted octanol–water partition coefficient (Wildman–Crippen LogP) is 4.20. The van der Waals surface area contributed by atoms with Gasteiger partial charge in [-0.1, -0.05) is 36.4 Å². The number of ether oxygens (including phenoxy) is 1. The summed E-state index contributed by atoms with van der Waals surface area (Å²) in [6, 6.07) is 21.4. The van der Waals surface area contributed by atoms with E-state index in [1.165, 1.54) is 0 Å². The van der Waals surface area contributed by atoms with Gasteiger partial charge in [0, 0.05) is 12.1 Å². The zero-order chi connectivity index (χ0) is 16.9. The summed E-state index contributed by atoms with van der Waals surface area (Å²) in [5.74, 6) is 0.772. The van der Waals surface area contributed by atoms with Crippen molar-refractivity contribution >= 4 is 16.5 Å². The Kier molecular flexibility index (Phi) is 4.32. The van der Waals surface area contributed by atoms with Crippen molar-refractivity contribution in [1.29, 1.82) is 10.5 Å². The minimum absolute atomic E-state index is 0.452. The van der Waals surface area contributed by atoms with Crippen LogP contribution >= 0.6 is 0 Å². The predicted molar refractivity (Wildman–Crippen MR) is 93.7 cm³/mol. The van der Waals surface area contributed by atoms with Gasteiger partial charge >= 0.3 is 0 Å². The number of benzene rings is 3. The fraction of sp³-hybridized carbons (Fsp3) is 0.100. The molecule has 3 rings (SSSR count). The van der Waals surface area contributed by atoms with Crippen molar-refractivity contribution in [1.82, 2.24) is 0 Å². The summed E-state index contributed by atoms with van der Waals surface area (Å²) in [5.41, 5.74) is 2.45. The highest BCUT2D eigenvalue weighted by Crippen LogP contribution is 2.29. The Labute approximate surface area is 140 Å². The van der Waals surface area contributed by atoms with Gasteiger partial charge in [-0.25, -0.2) is 0 Å². The first-order valence-electron chi connectivity index (χ1n) is 7.50. The molecule has 0 heterocycles. The van der Waals surface area contributed by atoms with Gasteiger partial charge in [-0.15, -0.1) is 0 Å². The van der Waals surface area contributed by atoms with E-state index in [0.29, 0.717) is 23.4 Å². The number of hydrogen-bond donors (Lipinski definition) is 1. The van der Waals surface area contributed by atoms with Crippen LogP contribution in [-0.4, -0.2) is 7.11 Å². The van der Waals surface area contributed by atoms with E-state index in [2.05, 4.69) is 17.5 Å². The molecule has 0 unspecified atom stereocenters. The molecule has 0 fully saturated rings. The van der Waals surface area contributed by atoms with Crippen LogP contribution in [0.25, 0.3) is 10.8 Å². The molecular weight excluding hydrogens is 298 g/mol. The highest BCUT2D eigenvalue weighted by atomic mass is 16.5. The quantitative estimate of drug-likeness (QED) is 0.783. The smallest absolute Gasteiger partial charge is 0.124 e. The summed E-state index contributed by atoms with van der Waals surface area (Å²) < 4.78 is 5.48. The van der Waals surface area contributed by atoms with E-state index < -0.39 is 0 Å². The number of nitrogens with zero attached hydrogens (tertiary/aromatic N) is 2. The number of nitrogens with one attached hydrogen (secondary N) is 1. The first-order chi connectivity index (χ1) is 11.8. The van der Waals surface area contributed by atoms with Gasteiger partial charge in [0.2, 0.25) is 0 Å². The second-order valence-electron chi connectivity index (χ2n) is 5.27. The lowest BCUT2D eigenvalue weighted by molar-refractivity contribution is 0.411. The van der Waals surface area contributed by atoms with Crippen LogP contribution in [0.2, 0.25) is 0 Å². The average molecular weight is 313 g/mol. The fourth-order valence-corrected chi connectivity index (χ4v) is 2.80. The van der Waals surface area contributed by atoms with Crippen LogP contribution < -0.4 is 10.1 Å². The molecule has 0 saturated heterocycles. The Morgan fingerprint density at radius 3 is 2.29 bits per heavy atom. The van der Waals surface area contributed by atoms with Crippen LogP contribution in [-0.2, 0) is 6.54 Å². The molecule has 4 heteroatoms. The van der Waals surface area contributed by atoms with Crippen molar-refractivity contribution < 1.29 is 4.74 Å². The normalized spacial score (nSPS) is 9.96. The van der Waals surface area contributed by atoms with E-state index in [1.807, 2.05) is 36.4 Å². The zero-order valence-electron chi connectivity index (χ0n) is 13.2. The van der Waals surface area contributed by atoms with Gasteiger partial charge in [0.25, 0.3) is 0 Å². The van der Waals surface area contributed by atoms with Crippen LogP contribution in [0.4, 0.5) is 5.69 Å². The minimum Gasteiger partial charge on any atom is -0.496 e. The largest absolute Gasteiger partial charge is 0.496 e. The molecule has 0 bridgehead atoms. The van der Waals surface area contributed by atoms with Gasteiger partial charge in [0.05, 0.1) is 23.9 Å². The van der Waals surface area contributed by atoms with Crippen molar-refractivity contribution in [3.05, 3.63) is 71.3 Å². The fourth-order valence-electron chi connectivity index (χ4n) is 2.80. The number of methoxy groups -OCH3 is 1. The van der Waals surface area contributed by atoms with Crippen LogP contribution in [0.5, 0.6) is 5.75 Å². The third-order valence-corrected chi connectivity index (χ3v) is 3.96. The van der Waals surface area contributed by atoms with Crippen LogP contribution in [0.1, 0.15) is 16.7 Å². The highest BCUT2D eigenvalue weighted by Gasteiger charge is 2.11. The summed E-state index contributed by atoms with van der Waals surface area (Å²) in [6.45, 7) is 0.456. The molecule has 0 aliphatic carbocycles. The maximum atomic E-state index is 9.28. The van der Waals surface area contributed by atoms with Crippen molar-refractivity contribution in [2.45, 2.75) is 6.54 Å². The molecule has 0 spiro atoms. The average Bonchev–Trinajstić information content (AvgIpc) is 2.65. The molecule has 4 nitrogen and oxygen atoms in total. The van der Waals surface area contributed by atoms with Crippen molar-refractivity contribution in [3.8, 4) is 17.9 Å². The molecule has 0 radical (unpaired) electrons. The van der Waals surface area contributed by atoms with E-state index in [9.17, 15) is 10.5 Å². The third kappa shape index (κ3) is 2.74. The van der Waals surface area contributed by atoms with E-state index in [4.69, 9.17) is 4.74 Å². The number of para-hydroxylation sites is 1. The van der Waals surface area contributed by atoms with Crippen molar-refractivity contribution in [2.75, 3.05) is 12.4 Å². The molecule has 116 valence electrons. The lowest BCUT2D eigenvalue weighted by atomic mass is 10.0. The van der Waals surface area contributed by atoms with E-state index >= 15 is 0 Å². The Morgan fingerprint density at radius 2 is 1.62 bits per heavy atom. The third-order valence-electron chi connectivity index (χ3n) is 3.96. The van der Waals surface area contributed by atoms with Gasteiger partial charge < -0.3 is 10.1 Å². The molecule has 0 aliphatic heterocycles. The summed E-state index contributed by atoms with van der Waals surface area (Å²) in [7, 11) is 1.64. The van der Waals surface area contributed by atoms with Gasteiger partial charge in [0.15, 0.2) is 0 Å². The molecule has 0 saturated carbocycles.